The van der Waals surface area contributed by atoms with Crippen molar-refractivity contribution in [1.29, 1.82) is 0 Å². The number of nitrogens with zero attached hydrogens (tertiary/aromatic N) is 4. The number of rotatable bonds is 2. The number of fused-ring (bicyclic) bond motifs is 2. The molecule has 1 aliphatic heterocycles. The fourth-order valence-corrected chi connectivity index (χ4v) is 4.19. The van der Waals surface area contributed by atoms with Crippen LogP contribution in [0.5, 0.6) is 0 Å². The van der Waals surface area contributed by atoms with E-state index >= 15 is 0 Å². The highest BCUT2D eigenvalue weighted by Crippen LogP contribution is 2.34. The number of benzene rings is 2. The van der Waals surface area contributed by atoms with Crippen LogP contribution in [0, 0.1) is 0 Å². The molecular weight excluding hydrogens is 334 g/mol. The number of hydrogen-bond donors (Lipinski definition) is 1. The molecule has 4 aromatic rings. The minimum absolute atomic E-state index is 1.04. The second-order valence-electron chi connectivity index (χ2n) is 7.31. The second-order valence-corrected chi connectivity index (χ2v) is 7.31. The molecule has 27 heavy (non-hydrogen) atoms. The van der Waals surface area contributed by atoms with Gasteiger partial charge in [0.25, 0.3) is 0 Å². The Bertz CT molecular complexity index is 1090. The fourth-order valence-electron chi connectivity index (χ4n) is 4.19. The summed E-state index contributed by atoms with van der Waals surface area (Å²) in [7, 11) is 3.98. The molecule has 1 saturated heterocycles. The summed E-state index contributed by atoms with van der Waals surface area (Å²) in [6.07, 6.45) is 6.08. The highest BCUT2D eigenvalue weighted by molar-refractivity contribution is 5.92. The zero-order valence-electron chi connectivity index (χ0n) is 15.7. The SMILES string of the molecule is Cn1ncc2cc(C(=C3CCNCC3)c3ccc4c(cnn4C)c3)ccc21. The zero-order valence-corrected chi connectivity index (χ0v) is 15.7. The molecule has 2 aromatic carbocycles. The smallest absolute Gasteiger partial charge is 0.0679 e. The van der Waals surface area contributed by atoms with Gasteiger partial charge in [0.15, 0.2) is 0 Å². The molecule has 0 aliphatic carbocycles. The summed E-state index contributed by atoms with van der Waals surface area (Å²) in [6, 6.07) is 13.4. The van der Waals surface area contributed by atoms with E-state index in [1.807, 2.05) is 35.9 Å². The largest absolute Gasteiger partial charge is 0.316 e. The van der Waals surface area contributed by atoms with E-state index in [-0.39, 0.29) is 0 Å². The molecule has 0 bridgehead atoms. The maximum atomic E-state index is 4.40. The van der Waals surface area contributed by atoms with Crippen molar-refractivity contribution in [2.45, 2.75) is 12.8 Å². The molecule has 0 spiro atoms. The van der Waals surface area contributed by atoms with Gasteiger partial charge in [-0.05, 0) is 66.9 Å². The molecular formula is C22H23N5. The van der Waals surface area contributed by atoms with Crippen LogP contribution in [0.3, 0.4) is 0 Å². The lowest BCUT2D eigenvalue weighted by molar-refractivity contribution is 0.611. The van der Waals surface area contributed by atoms with Crippen molar-refractivity contribution >= 4 is 27.4 Å². The van der Waals surface area contributed by atoms with Gasteiger partial charge in [0.05, 0.1) is 23.4 Å². The van der Waals surface area contributed by atoms with Gasteiger partial charge in [-0.25, -0.2) is 0 Å². The van der Waals surface area contributed by atoms with Crippen LogP contribution >= 0.6 is 0 Å². The van der Waals surface area contributed by atoms with Crippen molar-refractivity contribution in [3.05, 3.63) is 65.5 Å². The average molecular weight is 357 g/mol. The van der Waals surface area contributed by atoms with Gasteiger partial charge in [-0.2, -0.15) is 10.2 Å². The quantitative estimate of drug-likeness (QED) is 0.596. The summed E-state index contributed by atoms with van der Waals surface area (Å²) >= 11 is 0. The van der Waals surface area contributed by atoms with Crippen molar-refractivity contribution in [1.82, 2.24) is 24.9 Å². The van der Waals surface area contributed by atoms with Crippen molar-refractivity contribution in [3.63, 3.8) is 0 Å². The minimum atomic E-state index is 1.04. The van der Waals surface area contributed by atoms with Crippen LogP contribution in [0.25, 0.3) is 27.4 Å². The summed E-state index contributed by atoms with van der Waals surface area (Å²) < 4.78 is 3.86. The summed E-state index contributed by atoms with van der Waals surface area (Å²) in [5, 5.41) is 14.7. The van der Waals surface area contributed by atoms with E-state index in [4.69, 9.17) is 0 Å². The first-order valence-electron chi connectivity index (χ1n) is 9.48. The van der Waals surface area contributed by atoms with Crippen LogP contribution in [0.2, 0.25) is 0 Å². The highest BCUT2D eigenvalue weighted by Gasteiger charge is 2.16. The van der Waals surface area contributed by atoms with E-state index < -0.39 is 0 Å². The molecule has 2 aromatic heterocycles. The van der Waals surface area contributed by atoms with E-state index in [9.17, 15) is 0 Å². The molecule has 0 unspecified atom stereocenters. The Balaban J connectivity index is 1.72. The van der Waals surface area contributed by atoms with E-state index in [1.54, 1.807) is 0 Å². The Kier molecular flexibility index (Phi) is 3.83. The van der Waals surface area contributed by atoms with E-state index in [1.165, 1.54) is 33.0 Å². The Labute approximate surface area is 158 Å². The predicted octanol–water partition coefficient (Wildman–Crippen LogP) is 3.65. The van der Waals surface area contributed by atoms with Crippen LogP contribution < -0.4 is 5.32 Å². The minimum Gasteiger partial charge on any atom is -0.316 e. The van der Waals surface area contributed by atoms with Gasteiger partial charge in [-0.3, -0.25) is 9.36 Å². The number of aromatic nitrogens is 4. The molecule has 1 aliphatic rings. The fraction of sp³-hybridized carbons (Fsp3) is 0.273. The lowest BCUT2D eigenvalue weighted by Crippen LogP contribution is -2.23. The second kappa shape index (κ2) is 6.35. The van der Waals surface area contributed by atoms with Crippen LogP contribution in [0.1, 0.15) is 24.0 Å². The first-order chi connectivity index (χ1) is 13.2. The third-order valence-electron chi connectivity index (χ3n) is 5.63. The van der Waals surface area contributed by atoms with Crippen LogP contribution in [0.4, 0.5) is 0 Å². The van der Waals surface area contributed by atoms with Gasteiger partial charge in [0.2, 0.25) is 0 Å². The number of hydrogen-bond acceptors (Lipinski definition) is 3. The molecule has 0 saturated carbocycles. The Morgan fingerprint density at radius 2 is 1.33 bits per heavy atom. The molecule has 5 nitrogen and oxygen atoms in total. The van der Waals surface area contributed by atoms with E-state index in [0.29, 0.717) is 0 Å². The number of nitrogens with one attached hydrogen (secondary N) is 1. The zero-order chi connectivity index (χ0) is 18.4. The first kappa shape index (κ1) is 16.3. The molecule has 0 radical (unpaired) electrons. The van der Waals surface area contributed by atoms with Crippen LogP contribution in [0.15, 0.2) is 54.4 Å². The monoisotopic (exact) mass is 357 g/mol. The van der Waals surface area contributed by atoms with Crippen LogP contribution in [-0.2, 0) is 14.1 Å². The van der Waals surface area contributed by atoms with E-state index in [2.05, 4.69) is 51.9 Å². The standard InChI is InChI=1S/C22H23N5/c1-26-20-5-3-16(11-18(20)13-24-26)22(15-7-9-23-10-8-15)17-4-6-21-19(12-17)14-25-27(21)2/h3-6,11-14,23H,7-10H2,1-2H3. The molecule has 0 amide bonds. The van der Waals surface area contributed by atoms with Gasteiger partial charge in [0.1, 0.15) is 0 Å². The first-order valence-corrected chi connectivity index (χ1v) is 9.48. The van der Waals surface area contributed by atoms with Gasteiger partial charge in [-0.1, -0.05) is 17.7 Å². The lowest BCUT2D eigenvalue weighted by Gasteiger charge is -2.21. The third-order valence-corrected chi connectivity index (χ3v) is 5.63. The van der Waals surface area contributed by atoms with E-state index in [0.717, 1.165) is 37.0 Å². The predicted molar refractivity (Wildman–Crippen MR) is 110 cm³/mol. The summed E-state index contributed by atoms with van der Waals surface area (Å²) in [4.78, 5) is 0. The summed E-state index contributed by atoms with van der Waals surface area (Å²) in [6.45, 7) is 2.09. The molecule has 1 N–H and O–H groups in total. The number of piperidine rings is 1. The molecule has 5 rings (SSSR count). The van der Waals surface area contributed by atoms with Gasteiger partial charge < -0.3 is 5.32 Å². The molecule has 5 heteroatoms. The van der Waals surface area contributed by atoms with Crippen molar-refractivity contribution in [2.24, 2.45) is 14.1 Å². The normalized spacial score (nSPS) is 15.0. The highest BCUT2D eigenvalue weighted by atomic mass is 15.3. The maximum Gasteiger partial charge on any atom is 0.0679 e. The molecule has 136 valence electrons. The van der Waals surface area contributed by atoms with Crippen molar-refractivity contribution < 1.29 is 0 Å². The van der Waals surface area contributed by atoms with Gasteiger partial charge in [-0.15, -0.1) is 0 Å². The summed E-state index contributed by atoms with van der Waals surface area (Å²) in [5.74, 6) is 0. The Morgan fingerprint density at radius 1 is 0.815 bits per heavy atom. The Hall–Kier alpha value is -2.92. The molecule has 3 heterocycles. The van der Waals surface area contributed by atoms with Gasteiger partial charge in [0, 0.05) is 24.9 Å². The van der Waals surface area contributed by atoms with Crippen molar-refractivity contribution in [2.75, 3.05) is 13.1 Å². The van der Waals surface area contributed by atoms with Gasteiger partial charge >= 0.3 is 0 Å². The summed E-state index contributed by atoms with van der Waals surface area (Å²) in [5.41, 5.74) is 7.77. The average Bonchev–Trinajstić information content (AvgIpc) is 3.26. The molecule has 0 atom stereocenters. The lowest BCUT2D eigenvalue weighted by atomic mass is 9.88. The van der Waals surface area contributed by atoms with Crippen LogP contribution in [-0.4, -0.2) is 32.7 Å². The third kappa shape index (κ3) is 2.75. The number of aryl methyl sites for hydroxylation is 2. The Morgan fingerprint density at radius 3 is 1.85 bits per heavy atom. The van der Waals surface area contributed by atoms with Crippen molar-refractivity contribution in [3.8, 4) is 0 Å². The maximum absolute atomic E-state index is 4.40. The molecule has 1 fully saturated rings. The topological polar surface area (TPSA) is 47.7 Å².